The Hall–Kier alpha value is -3.29. The van der Waals surface area contributed by atoms with Gasteiger partial charge in [0.25, 0.3) is 0 Å². The molecule has 0 aliphatic heterocycles. The minimum absolute atomic E-state index is 0.0901. The van der Waals surface area contributed by atoms with E-state index >= 15 is 0 Å². The summed E-state index contributed by atoms with van der Waals surface area (Å²) in [7, 11) is 0. The predicted molar refractivity (Wildman–Crippen MR) is 137 cm³/mol. The van der Waals surface area contributed by atoms with Gasteiger partial charge in [0, 0.05) is 27.9 Å². The molecular formula is C26H23N3O2S2. The maximum Gasteiger partial charge on any atom is 0.329 e. The average Bonchev–Trinajstić information content (AvgIpc) is 3.37. The second-order valence-corrected chi connectivity index (χ2v) is 9.70. The van der Waals surface area contributed by atoms with Gasteiger partial charge in [-0.25, -0.2) is 4.79 Å². The number of hydrogen-bond donors (Lipinski definition) is 1. The van der Waals surface area contributed by atoms with Gasteiger partial charge in [0.1, 0.15) is 0 Å². The Morgan fingerprint density at radius 1 is 0.939 bits per heavy atom. The van der Waals surface area contributed by atoms with Crippen LogP contribution >= 0.6 is 23.3 Å². The first-order valence-corrected chi connectivity index (χ1v) is 12.5. The van der Waals surface area contributed by atoms with Crippen LogP contribution in [0.15, 0.2) is 87.9 Å². The standard InChI is InChI=1S/C26H23N3O2S2/c1-18-8-7-13-23-25(18)19(17-32-23)16-29-22-12-6-5-11-21(22)28(26(29)31)15-14-24(30)27-33-20-9-3-2-4-10-20/h2-13,17H,14-16H2,1H3,(H,27,30). The van der Waals surface area contributed by atoms with Gasteiger partial charge in [-0.15, -0.1) is 11.3 Å². The Balaban J connectivity index is 1.39. The fourth-order valence-corrected chi connectivity index (χ4v) is 5.80. The molecule has 0 atom stereocenters. The molecule has 1 amide bonds. The number of benzene rings is 3. The molecule has 3 aromatic carbocycles. The molecule has 166 valence electrons. The summed E-state index contributed by atoms with van der Waals surface area (Å²) in [6, 6.07) is 23.8. The maximum atomic E-state index is 13.4. The molecule has 0 saturated carbocycles. The Kier molecular flexibility index (Phi) is 6.07. The van der Waals surface area contributed by atoms with Crippen LogP contribution in [0.5, 0.6) is 0 Å². The molecule has 0 radical (unpaired) electrons. The number of carbonyl (C=O) groups is 1. The Morgan fingerprint density at radius 2 is 1.67 bits per heavy atom. The van der Waals surface area contributed by atoms with E-state index in [2.05, 4.69) is 35.2 Å². The summed E-state index contributed by atoms with van der Waals surface area (Å²) in [5.41, 5.74) is 4.01. The van der Waals surface area contributed by atoms with Crippen LogP contribution in [-0.2, 0) is 17.9 Å². The largest absolute Gasteiger partial charge is 0.329 e. The van der Waals surface area contributed by atoms with E-state index < -0.39 is 0 Å². The summed E-state index contributed by atoms with van der Waals surface area (Å²) in [5, 5.41) is 3.37. The summed E-state index contributed by atoms with van der Waals surface area (Å²) < 4.78 is 7.63. The molecule has 2 heterocycles. The molecular weight excluding hydrogens is 450 g/mol. The first-order valence-electron chi connectivity index (χ1n) is 10.8. The third kappa shape index (κ3) is 4.34. The van der Waals surface area contributed by atoms with Crippen molar-refractivity contribution in [2.45, 2.75) is 31.3 Å². The number of amides is 1. The number of imidazole rings is 1. The van der Waals surface area contributed by atoms with Crippen LogP contribution in [0.3, 0.4) is 0 Å². The number of thiophene rings is 1. The molecule has 33 heavy (non-hydrogen) atoms. The summed E-state index contributed by atoms with van der Waals surface area (Å²) in [6.45, 7) is 2.95. The normalized spacial score (nSPS) is 11.3. The second-order valence-electron chi connectivity index (χ2n) is 7.91. The highest BCUT2D eigenvalue weighted by Crippen LogP contribution is 2.30. The molecule has 0 bridgehead atoms. The van der Waals surface area contributed by atoms with E-state index in [1.165, 1.54) is 27.6 Å². The fraction of sp³-hybridized carbons (Fsp3) is 0.154. The van der Waals surface area contributed by atoms with Gasteiger partial charge in [-0.05, 0) is 65.7 Å². The molecule has 0 fully saturated rings. The van der Waals surface area contributed by atoms with E-state index in [0.29, 0.717) is 13.1 Å². The van der Waals surface area contributed by atoms with Crippen molar-refractivity contribution in [3.8, 4) is 0 Å². The molecule has 0 spiro atoms. The van der Waals surface area contributed by atoms with E-state index in [1.807, 2.05) is 59.2 Å². The number of nitrogens with one attached hydrogen (secondary N) is 1. The highest BCUT2D eigenvalue weighted by Gasteiger charge is 2.16. The van der Waals surface area contributed by atoms with Crippen molar-refractivity contribution in [1.82, 2.24) is 13.9 Å². The molecule has 7 heteroatoms. The topological polar surface area (TPSA) is 56.0 Å². The van der Waals surface area contributed by atoms with Crippen molar-refractivity contribution in [3.05, 3.63) is 99.8 Å². The molecule has 0 aliphatic rings. The van der Waals surface area contributed by atoms with Crippen LogP contribution in [0.25, 0.3) is 21.1 Å². The molecule has 0 saturated heterocycles. The summed E-state index contributed by atoms with van der Waals surface area (Å²) >= 11 is 3.00. The highest BCUT2D eigenvalue weighted by molar-refractivity contribution is 7.98. The quantitative estimate of drug-likeness (QED) is 0.314. The smallest absolute Gasteiger partial charge is 0.296 e. The lowest BCUT2D eigenvalue weighted by molar-refractivity contribution is -0.119. The van der Waals surface area contributed by atoms with Crippen LogP contribution in [-0.4, -0.2) is 15.0 Å². The lowest BCUT2D eigenvalue weighted by Gasteiger charge is -2.06. The monoisotopic (exact) mass is 473 g/mol. The van der Waals surface area contributed by atoms with Crippen molar-refractivity contribution in [3.63, 3.8) is 0 Å². The first-order chi connectivity index (χ1) is 16.1. The molecule has 5 rings (SSSR count). The number of hydrogen-bond acceptors (Lipinski definition) is 4. The molecule has 5 nitrogen and oxygen atoms in total. The highest BCUT2D eigenvalue weighted by atomic mass is 32.2. The molecule has 2 aromatic heterocycles. The summed E-state index contributed by atoms with van der Waals surface area (Å²) in [4.78, 5) is 26.8. The van der Waals surface area contributed by atoms with Gasteiger partial charge in [0.05, 0.1) is 17.6 Å². The number of nitrogens with zero attached hydrogens (tertiary/aromatic N) is 2. The number of fused-ring (bicyclic) bond motifs is 2. The van der Waals surface area contributed by atoms with E-state index in [0.717, 1.165) is 21.5 Å². The molecule has 5 aromatic rings. The Labute approximate surface area is 199 Å². The van der Waals surface area contributed by atoms with Crippen molar-refractivity contribution < 1.29 is 4.79 Å². The Bertz CT molecular complexity index is 1500. The molecule has 0 unspecified atom stereocenters. The minimum Gasteiger partial charge on any atom is -0.296 e. The van der Waals surface area contributed by atoms with Gasteiger partial charge in [-0.2, -0.15) is 0 Å². The van der Waals surface area contributed by atoms with Crippen molar-refractivity contribution in [2.75, 3.05) is 0 Å². The van der Waals surface area contributed by atoms with Gasteiger partial charge < -0.3 is 0 Å². The number of rotatable bonds is 7. The number of aromatic nitrogens is 2. The van der Waals surface area contributed by atoms with Gasteiger partial charge in [-0.3, -0.25) is 18.7 Å². The average molecular weight is 474 g/mol. The first kappa shape index (κ1) is 21.6. The number of carbonyl (C=O) groups excluding carboxylic acids is 1. The number of para-hydroxylation sites is 2. The van der Waals surface area contributed by atoms with Gasteiger partial charge >= 0.3 is 5.69 Å². The van der Waals surface area contributed by atoms with Crippen LogP contribution in [0.4, 0.5) is 0 Å². The SMILES string of the molecule is Cc1cccc2scc(Cn3c(=O)n(CCC(=O)NSc4ccccc4)c4ccccc43)c12. The zero-order valence-corrected chi connectivity index (χ0v) is 19.8. The van der Waals surface area contributed by atoms with Crippen molar-refractivity contribution in [2.24, 2.45) is 0 Å². The van der Waals surface area contributed by atoms with Crippen molar-refractivity contribution in [1.29, 1.82) is 0 Å². The summed E-state index contributed by atoms with van der Waals surface area (Å²) in [6.07, 6.45) is 0.230. The number of aryl methyl sites for hydroxylation is 2. The van der Waals surface area contributed by atoms with Crippen LogP contribution in [0, 0.1) is 6.92 Å². The van der Waals surface area contributed by atoms with Gasteiger partial charge in [0.2, 0.25) is 5.91 Å². The van der Waals surface area contributed by atoms with Crippen LogP contribution in [0.1, 0.15) is 17.5 Å². The zero-order chi connectivity index (χ0) is 22.8. The lowest BCUT2D eigenvalue weighted by Crippen LogP contribution is -2.27. The summed E-state index contributed by atoms with van der Waals surface area (Å²) in [5.74, 6) is -0.105. The van der Waals surface area contributed by atoms with Crippen molar-refractivity contribution >= 4 is 50.3 Å². The predicted octanol–water partition coefficient (Wildman–Crippen LogP) is 5.59. The lowest BCUT2D eigenvalue weighted by atomic mass is 10.1. The molecule has 0 aliphatic carbocycles. The molecule has 1 N–H and O–H groups in total. The van der Waals surface area contributed by atoms with E-state index in [4.69, 9.17) is 0 Å². The minimum atomic E-state index is -0.105. The van der Waals surface area contributed by atoms with E-state index in [9.17, 15) is 9.59 Å². The van der Waals surface area contributed by atoms with Crippen LogP contribution < -0.4 is 10.4 Å². The van der Waals surface area contributed by atoms with E-state index in [1.54, 1.807) is 15.9 Å². The Morgan fingerprint density at radius 3 is 2.45 bits per heavy atom. The van der Waals surface area contributed by atoms with E-state index in [-0.39, 0.29) is 18.0 Å². The van der Waals surface area contributed by atoms with Gasteiger partial charge in [0.15, 0.2) is 0 Å². The van der Waals surface area contributed by atoms with Crippen LogP contribution in [0.2, 0.25) is 0 Å². The maximum absolute atomic E-state index is 13.4. The third-order valence-electron chi connectivity index (χ3n) is 5.73. The van der Waals surface area contributed by atoms with Gasteiger partial charge in [-0.1, -0.05) is 42.5 Å². The third-order valence-corrected chi connectivity index (χ3v) is 7.56. The second kappa shape index (κ2) is 9.29. The fourth-order valence-electron chi connectivity index (χ4n) is 4.14. The zero-order valence-electron chi connectivity index (χ0n) is 18.2.